The van der Waals surface area contributed by atoms with Crippen LogP contribution in [0.2, 0.25) is 0 Å². The van der Waals surface area contributed by atoms with Crippen LogP contribution in [-0.4, -0.2) is 4.98 Å². The van der Waals surface area contributed by atoms with Gasteiger partial charge in [0.05, 0.1) is 12.2 Å². The summed E-state index contributed by atoms with van der Waals surface area (Å²) in [7, 11) is 0. The van der Waals surface area contributed by atoms with E-state index in [1.54, 1.807) is 23.5 Å². The zero-order chi connectivity index (χ0) is 14.7. The van der Waals surface area contributed by atoms with Gasteiger partial charge in [-0.05, 0) is 42.8 Å². The van der Waals surface area contributed by atoms with Crippen molar-refractivity contribution in [2.75, 3.05) is 5.32 Å². The fraction of sp³-hybridized carbons (Fsp3) is 0.118. The summed E-state index contributed by atoms with van der Waals surface area (Å²) in [6, 6.07) is 14.6. The van der Waals surface area contributed by atoms with Crippen molar-refractivity contribution < 1.29 is 4.39 Å². The Morgan fingerprint density at radius 1 is 1.10 bits per heavy atom. The summed E-state index contributed by atoms with van der Waals surface area (Å²) < 4.78 is 12.9. The topological polar surface area (TPSA) is 24.9 Å². The van der Waals surface area contributed by atoms with Gasteiger partial charge in [0.1, 0.15) is 10.8 Å². The van der Waals surface area contributed by atoms with Crippen molar-refractivity contribution >= 4 is 17.0 Å². The van der Waals surface area contributed by atoms with E-state index in [-0.39, 0.29) is 5.82 Å². The Morgan fingerprint density at radius 3 is 2.62 bits per heavy atom. The highest BCUT2D eigenvalue weighted by atomic mass is 32.1. The normalized spacial score (nSPS) is 10.6. The van der Waals surface area contributed by atoms with Crippen LogP contribution in [0.5, 0.6) is 0 Å². The molecular formula is C17H15FN2S. The van der Waals surface area contributed by atoms with Crippen molar-refractivity contribution in [2.45, 2.75) is 13.5 Å². The summed E-state index contributed by atoms with van der Waals surface area (Å²) in [5.41, 5.74) is 4.27. The summed E-state index contributed by atoms with van der Waals surface area (Å²) in [4.78, 5) is 4.59. The van der Waals surface area contributed by atoms with Crippen LogP contribution >= 0.6 is 11.3 Å². The Morgan fingerprint density at radius 2 is 1.86 bits per heavy atom. The lowest BCUT2D eigenvalue weighted by Gasteiger charge is -2.07. The van der Waals surface area contributed by atoms with E-state index in [1.807, 2.05) is 17.5 Å². The van der Waals surface area contributed by atoms with E-state index >= 15 is 0 Å². The summed E-state index contributed by atoms with van der Waals surface area (Å²) in [6.07, 6.45) is 0. The van der Waals surface area contributed by atoms with Crippen LogP contribution in [0.15, 0.2) is 53.9 Å². The molecule has 1 heterocycles. The van der Waals surface area contributed by atoms with Gasteiger partial charge in [-0.2, -0.15) is 0 Å². The van der Waals surface area contributed by atoms with Crippen LogP contribution in [0.4, 0.5) is 10.1 Å². The summed E-state index contributed by atoms with van der Waals surface area (Å²) in [5, 5.41) is 6.33. The van der Waals surface area contributed by atoms with Crippen LogP contribution in [-0.2, 0) is 6.54 Å². The smallest absolute Gasteiger partial charge is 0.123 e. The van der Waals surface area contributed by atoms with Crippen LogP contribution in [0.1, 0.15) is 11.3 Å². The number of benzene rings is 2. The second kappa shape index (κ2) is 6.06. The van der Waals surface area contributed by atoms with Gasteiger partial charge in [-0.15, -0.1) is 11.3 Å². The van der Waals surface area contributed by atoms with Gasteiger partial charge in [0.2, 0.25) is 0 Å². The SMILES string of the molecule is Cc1ccccc1NCc1csc(-c2ccc(F)cc2)n1. The molecule has 0 fully saturated rings. The minimum absolute atomic E-state index is 0.225. The van der Waals surface area contributed by atoms with Crippen LogP contribution < -0.4 is 5.32 Å². The first-order valence-corrected chi connectivity index (χ1v) is 7.60. The van der Waals surface area contributed by atoms with Gasteiger partial charge in [0, 0.05) is 16.6 Å². The van der Waals surface area contributed by atoms with Crippen molar-refractivity contribution in [2.24, 2.45) is 0 Å². The lowest BCUT2D eigenvalue weighted by Crippen LogP contribution is -2.01. The van der Waals surface area contributed by atoms with Crippen molar-refractivity contribution in [3.63, 3.8) is 0 Å². The Kier molecular flexibility index (Phi) is 3.97. The van der Waals surface area contributed by atoms with Gasteiger partial charge in [0.25, 0.3) is 0 Å². The highest BCUT2D eigenvalue weighted by Gasteiger charge is 2.05. The number of hydrogen-bond acceptors (Lipinski definition) is 3. The number of aromatic nitrogens is 1. The quantitative estimate of drug-likeness (QED) is 0.743. The molecule has 0 bridgehead atoms. The molecule has 0 saturated heterocycles. The monoisotopic (exact) mass is 298 g/mol. The van der Waals surface area contributed by atoms with Gasteiger partial charge in [-0.1, -0.05) is 18.2 Å². The molecule has 3 rings (SSSR count). The molecule has 0 unspecified atom stereocenters. The minimum Gasteiger partial charge on any atom is -0.379 e. The molecule has 21 heavy (non-hydrogen) atoms. The third-order valence-corrected chi connectivity index (χ3v) is 4.19. The van der Waals surface area contributed by atoms with E-state index in [4.69, 9.17) is 0 Å². The number of rotatable bonds is 4. The number of anilines is 1. The second-order valence-corrected chi connectivity index (χ2v) is 5.68. The number of aryl methyl sites for hydroxylation is 1. The maximum Gasteiger partial charge on any atom is 0.123 e. The van der Waals surface area contributed by atoms with Crippen LogP contribution in [0.25, 0.3) is 10.6 Å². The molecule has 0 saturated carbocycles. The molecule has 0 spiro atoms. The first-order chi connectivity index (χ1) is 10.2. The number of thiazole rings is 1. The molecular weight excluding hydrogens is 283 g/mol. The van der Waals surface area contributed by atoms with Crippen molar-refractivity contribution in [3.8, 4) is 10.6 Å². The largest absolute Gasteiger partial charge is 0.379 e. The molecule has 2 nitrogen and oxygen atoms in total. The Balaban J connectivity index is 1.71. The average Bonchev–Trinajstić information content (AvgIpc) is 2.96. The zero-order valence-electron chi connectivity index (χ0n) is 11.6. The third-order valence-electron chi connectivity index (χ3n) is 3.25. The predicted molar refractivity (Wildman–Crippen MR) is 86.0 cm³/mol. The first-order valence-electron chi connectivity index (χ1n) is 6.72. The highest BCUT2D eigenvalue weighted by molar-refractivity contribution is 7.13. The lowest BCUT2D eigenvalue weighted by molar-refractivity contribution is 0.628. The summed E-state index contributed by atoms with van der Waals surface area (Å²) in [6.45, 7) is 2.76. The third kappa shape index (κ3) is 3.28. The maximum absolute atomic E-state index is 12.9. The molecule has 106 valence electrons. The Hall–Kier alpha value is -2.20. The van der Waals surface area contributed by atoms with E-state index in [9.17, 15) is 4.39 Å². The second-order valence-electron chi connectivity index (χ2n) is 4.82. The minimum atomic E-state index is -0.225. The molecule has 1 N–H and O–H groups in total. The van der Waals surface area contributed by atoms with Gasteiger partial charge in [-0.3, -0.25) is 0 Å². The molecule has 0 radical (unpaired) electrons. The molecule has 0 aliphatic rings. The zero-order valence-corrected chi connectivity index (χ0v) is 12.5. The fourth-order valence-corrected chi connectivity index (χ4v) is 2.90. The fourth-order valence-electron chi connectivity index (χ4n) is 2.07. The van der Waals surface area contributed by atoms with Gasteiger partial charge in [0.15, 0.2) is 0 Å². The summed E-state index contributed by atoms with van der Waals surface area (Å²) in [5.74, 6) is -0.225. The van der Waals surface area contributed by atoms with Gasteiger partial charge in [-0.25, -0.2) is 9.37 Å². The number of nitrogens with zero attached hydrogens (tertiary/aromatic N) is 1. The van der Waals surface area contributed by atoms with Gasteiger partial charge >= 0.3 is 0 Å². The van der Waals surface area contributed by atoms with Crippen molar-refractivity contribution in [1.82, 2.24) is 4.98 Å². The highest BCUT2D eigenvalue weighted by Crippen LogP contribution is 2.24. The lowest BCUT2D eigenvalue weighted by atomic mass is 10.2. The van der Waals surface area contributed by atoms with E-state index < -0.39 is 0 Å². The van der Waals surface area contributed by atoms with E-state index in [0.29, 0.717) is 6.54 Å². The van der Waals surface area contributed by atoms with Crippen LogP contribution in [0.3, 0.4) is 0 Å². The van der Waals surface area contributed by atoms with E-state index in [0.717, 1.165) is 22.0 Å². The Labute approximate surface area is 127 Å². The average molecular weight is 298 g/mol. The standard InChI is InChI=1S/C17H15FN2S/c1-12-4-2-3-5-16(12)19-10-15-11-21-17(20-15)13-6-8-14(18)9-7-13/h2-9,11,19H,10H2,1H3. The molecule has 2 aromatic carbocycles. The van der Waals surface area contributed by atoms with Crippen LogP contribution in [0, 0.1) is 12.7 Å². The molecule has 0 aliphatic carbocycles. The molecule has 0 atom stereocenters. The number of para-hydroxylation sites is 1. The Bertz CT molecular complexity index is 735. The summed E-state index contributed by atoms with van der Waals surface area (Å²) >= 11 is 1.57. The number of halogens is 1. The van der Waals surface area contributed by atoms with E-state index in [1.165, 1.54) is 17.7 Å². The molecule has 0 aliphatic heterocycles. The van der Waals surface area contributed by atoms with Gasteiger partial charge < -0.3 is 5.32 Å². The number of nitrogens with one attached hydrogen (secondary N) is 1. The molecule has 1 aromatic heterocycles. The van der Waals surface area contributed by atoms with Crippen molar-refractivity contribution in [3.05, 3.63) is 71.0 Å². The molecule has 0 amide bonds. The van der Waals surface area contributed by atoms with Crippen molar-refractivity contribution in [1.29, 1.82) is 0 Å². The van der Waals surface area contributed by atoms with E-state index in [2.05, 4.69) is 29.4 Å². The maximum atomic E-state index is 12.9. The number of hydrogen-bond donors (Lipinski definition) is 1. The molecule has 3 aromatic rings. The predicted octanol–water partition coefficient (Wildman–Crippen LogP) is 4.87. The molecule has 4 heteroatoms. The first kappa shape index (κ1) is 13.8.